The molecule has 23 heavy (non-hydrogen) atoms. The molecule has 0 bridgehead atoms. The number of amides is 1. The Kier molecular flexibility index (Phi) is 4.37. The van der Waals surface area contributed by atoms with Gasteiger partial charge in [-0.1, -0.05) is 29.8 Å². The fourth-order valence-electron chi connectivity index (χ4n) is 3.43. The van der Waals surface area contributed by atoms with Crippen LogP contribution in [0, 0.1) is 26.8 Å². The lowest BCUT2D eigenvalue weighted by molar-refractivity contribution is 0.0745. The number of benzene rings is 2. The van der Waals surface area contributed by atoms with E-state index in [0.717, 1.165) is 42.9 Å². The Morgan fingerprint density at radius 3 is 2.09 bits per heavy atom. The van der Waals surface area contributed by atoms with Gasteiger partial charge in [-0.25, -0.2) is 0 Å². The quantitative estimate of drug-likeness (QED) is 0.849. The number of carbonyl (C=O) groups excluding carboxylic acids is 1. The Bertz CT molecular complexity index is 678. The molecule has 0 saturated carbocycles. The Morgan fingerprint density at radius 2 is 1.52 bits per heavy atom. The molecule has 0 unspecified atom stereocenters. The third kappa shape index (κ3) is 3.24. The molecule has 1 aliphatic heterocycles. The fourth-order valence-corrected chi connectivity index (χ4v) is 3.43. The molecule has 3 rings (SSSR count). The van der Waals surface area contributed by atoms with Crippen molar-refractivity contribution >= 4 is 11.6 Å². The Balaban J connectivity index is 1.72. The predicted octanol–water partition coefficient (Wildman–Crippen LogP) is 3.37. The highest BCUT2D eigenvalue weighted by atomic mass is 16.2. The van der Waals surface area contributed by atoms with E-state index in [4.69, 9.17) is 0 Å². The van der Waals surface area contributed by atoms with Crippen LogP contribution in [0.4, 0.5) is 5.69 Å². The molecule has 0 N–H and O–H groups in total. The van der Waals surface area contributed by atoms with E-state index in [1.165, 1.54) is 11.3 Å². The predicted molar refractivity (Wildman–Crippen MR) is 94.0 cm³/mol. The van der Waals surface area contributed by atoms with E-state index in [0.29, 0.717) is 0 Å². The second kappa shape index (κ2) is 6.45. The smallest absolute Gasteiger partial charge is 0.254 e. The van der Waals surface area contributed by atoms with E-state index in [2.05, 4.69) is 42.2 Å². The van der Waals surface area contributed by atoms with Crippen LogP contribution >= 0.6 is 0 Å². The van der Waals surface area contributed by atoms with E-state index < -0.39 is 0 Å². The molecule has 1 radical (unpaired) electrons. The van der Waals surface area contributed by atoms with Gasteiger partial charge < -0.3 is 9.80 Å². The molecule has 119 valence electrons. The summed E-state index contributed by atoms with van der Waals surface area (Å²) in [5.74, 6) is 0.168. The van der Waals surface area contributed by atoms with Gasteiger partial charge in [0.15, 0.2) is 0 Å². The molecule has 2 aromatic rings. The van der Waals surface area contributed by atoms with Crippen molar-refractivity contribution in [2.24, 2.45) is 0 Å². The largest absolute Gasteiger partial charge is 0.368 e. The lowest BCUT2D eigenvalue weighted by Crippen LogP contribution is -2.49. The maximum atomic E-state index is 12.9. The van der Waals surface area contributed by atoms with Crippen molar-refractivity contribution in [1.29, 1.82) is 0 Å². The maximum absolute atomic E-state index is 12.9. The summed E-state index contributed by atoms with van der Waals surface area (Å²) in [6.45, 7) is 9.42. The van der Waals surface area contributed by atoms with E-state index in [-0.39, 0.29) is 5.91 Å². The van der Waals surface area contributed by atoms with E-state index >= 15 is 0 Å². The normalized spacial score (nSPS) is 14.9. The van der Waals surface area contributed by atoms with Crippen LogP contribution in [0.1, 0.15) is 27.0 Å². The van der Waals surface area contributed by atoms with Gasteiger partial charge in [0.1, 0.15) is 0 Å². The lowest BCUT2D eigenvalue weighted by Gasteiger charge is -2.36. The molecular formula is C20H23N2O. The van der Waals surface area contributed by atoms with Crippen molar-refractivity contribution in [3.63, 3.8) is 0 Å². The first-order valence-corrected chi connectivity index (χ1v) is 8.14. The molecular weight excluding hydrogens is 284 g/mol. The molecule has 0 atom stereocenters. The van der Waals surface area contributed by atoms with Gasteiger partial charge in [0.05, 0.1) is 0 Å². The van der Waals surface area contributed by atoms with Crippen LogP contribution in [0.5, 0.6) is 0 Å². The van der Waals surface area contributed by atoms with Crippen LogP contribution in [0.2, 0.25) is 0 Å². The van der Waals surface area contributed by atoms with E-state index in [9.17, 15) is 4.79 Å². The average Bonchev–Trinajstić information content (AvgIpc) is 2.55. The Morgan fingerprint density at radius 1 is 0.957 bits per heavy atom. The molecule has 0 aliphatic carbocycles. The highest BCUT2D eigenvalue weighted by molar-refractivity contribution is 5.97. The van der Waals surface area contributed by atoms with Gasteiger partial charge >= 0.3 is 0 Å². The van der Waals surface area contributed by atoms with Gasteiger partial charge in [-0.05, 0) is 50.1 Å². The van der Waals surface area contributed by atoms with Gasteiger partial charge in [0, 0.05) is 37.4 Å². The second-order valence-corrected chi connectivity index (χ2v) is 6.31. The number of aryl methyl sites for hydroxylation is 3. The van der Waals surface area contributed by atoms with Gasteiger partial charge in [-0.15, -0.1) is 0 Å². The minimum atomic E-state index is 0.168. The van der Waals surface area contributed by atoms with Crippen LogP contribution < -0.4 is 4.90 Å². The summed E-state index contributed by atoms with van der Waals surface area (Å²) in [5.41, 5.74) is 5.45. The average molecular weight is 307 g/mol. The molecule has 3 heteroatoms. The Hall–Kier alpha value is -2.29. The zero-order chi connectivity index (χ0) is 16.4. The number of hydrogen-bond acceptors (Lipinski definition) is 2. The van der Waals surface area contributed by atoms with Gasteiger partial charge in [0.25, 0.3) is 5.91 Å². The second-order valence-electron chi connectivity index (χ2n) is 6.31. The molecule has 2 aromatic carbocycles. The van der Waals surface area contributed by atoms with E-state index in [1.54, 1.807) is 0 Å². The molecule has 1 aliphatic rings. The van der Waals surface area contributed by atoms with Crippen molar-refractivity contribution < 1.29 is 4.79 Å². The van der Waals surface area contributed by atoms with Crippen molar-refractivity contribution in [1.82, 2.24) is 4.90 Å². The first kappa shape index (κ1) is 15.6. The summed E-state index contributed by atoms with van der Waals surface area (Å²) in [5, 5.41) is 0. The molecule has 1 amide bonds. The monoisotopic (exact) mass is 307 g/mol. The minimum Gasteiger partial charge on any atom is -0.368 e. The highest BCUT2D eigenvalue weighted by Gasteiger charge is 2.24. The third-order valence-corrected chi connectivity index (χ3v) is 4.52. The molecule has 1 fully saturated rings. The topological polar surface area (TPSA) is 23.6 Å². The lowest BCUT2D eigenvalue weighted by atomic mass is 9.98. The van der Waals surface area contributed by atoms with Crippen LogP contribution in [-0.2, 0) is 0 Å². The summed E-state index contributed by atoms with van der Waals surface area (Å²) in [4.78, 5) is 17.2. The molecule has 1 saturated heterocycles. The van der Waals surface area contributed by atoms with Crippen LogP contribution in [-0.4, -0.2) is 37.0 Å². The van der Waals surface area contributed by atoms with Crippen molar-refractivity contribution in [2.75, 3.05) is 31.1 Å². The zero-order valence-corrected chi connectivity index (χ0v) is 14.1. The van der Waals surface area contributed by atoms with E-state index in [1.807, 2.05) is 30.9 Å². The maximum Gasteiger partial charge on any atom is 0.254 e. The summed E-state index contributed by atoms with van der Waals surface area (Å²) in [6, 6.07) is 15.3. The highest BCUT2D eigenvalue weighted by Crippen LogP contribution is 2.21. The Labute approximate surface area is 138 Å². The summed E-state index contributed by atoms with van der Waals surface area (Å²) in [7, 11) is 0. The molecule has 1 heterocycles. The number of nitrogens with zero attached hydrogens (tertiary/aromatic N) is 2. The number of piperazine rings is 1. The van der Waals surface area contributed by atoms with Crippen molar-refractivity contribution in [3.05, 3.63) is 64.7 Å². The van der Waals surface area contributed by atoms with Crippen LogP contribution in [0.15, 0.2) is 36.4 Å². The minimum absolute atomic E-state index is 0.168. The van der Waals surface area contributed by atoms with Crippen molar-refractivity contribution in [2.45, 2.75) is 20.8 Å². The van der Waals surface area contributed by atoms with Crippen LogP contribution in [0.3, 0.4) is 0 Å². The third-order valence-electron chi connectivity index (χ3n) is 4.52. The fraction of sp³-hybridized carbons (Fsp3) is 0.350. The van der Waals surface area contributed by atoms with Gasteiger partial charge in [-0.3, -0.25) is 4.79 Å². The number of anilines is 1. The van der Waals surface area contributed by atoms with Gasteiger partial charge in [0.2, 0.25) is 0 Å². The first-order chi connectivity index (χ1) is 11.1. The summed E-state index contributed by atoms with van der Waals surface area (Å²) in [6.07, 6.45) is 0. The molecule has 3 nitrogen and oxygen atoms in total. The summed E-state index contributed by atoms with van der Waals surface area (Å²) >= 11 is 0. The number of carbonyl (C=O) groups is 1. The zero-order valence-electron chi connectivity index (χ0n) is 14.1. The number of rotatable bonds is 2. The number of hydrogen-bond donors (Lipinski definition) is 0. The SMILES string of the molecule is Cc1cc(C)c(C(=O)N2CCN(c3cc[c]cc3)CC2)c(C)c1. The van der Waals surface area contributed by atoms with Gasteiger partial charge in [-0.2, -0.15) is 0 Å². The molecule has 0 aromatic heterocycles. The van der Waals surface area contributed by atoms with Crippen molar-refractivity contribution in [3.8, 4) is 0 Å². The summed E-state index contributed by atoms with van der Waals surface area (Å²) < 4.78 is 0. The van der Waals surface area contributed by atoms with Crippen LogP contribution in [0.25, 0.3) is 0 Å². The standard InChI is InChI=1S/C20H23N2O/c1-15-13-16(2)19(17(3)14-15)20(23)22-11-9-21(10-12-22)18-7-5-4-6-8-18/h5-8,13-14H,9-12H2,1-3H3. The molecule has 0 spiro atoms. The first-order valence-electron chi connectivity index (χ1n) is 8.14.